The summed E-state index contributed by atoms with van der Waals surface area (Å²) in [5.41, 5.74) is 2.52. The number of nitrogens with zero attached hydrogens (tertiary/aromatic N) is 1. The highest BCUT2D eigenvalue weighted by molar-refractivity contribution is 7.99. The fourth-order valence-electron chi connectivity index (χ4n) is 3.52. The number of amides is 1. The first kappa shape index (κ1) is 16.6. The maximum Gasteiger partial charge on any atom is 0.234 e. The summed E-state index contributed by atoms with van der Waals surface area (Å²) in [4.78, 5) is 17.4. The Kier molecular flexibility index (Phi) is 5.06. The maximum absolute atomic E-state index is 12.6. The van der Waals surface area contributed by atoms with Gasteiger partial charge >= 0.3 is 0 Å². The van der Waals surface area contributed by atoms with Crippen LogP contribution >= 0.6 is 11.8 Å². The van der Waals surface area contributed by atoms with Crippen LogP contribution in [-0.4, -0.2) is 43.5 Å². The van der Waals surface area contributed by atoms with E-state index < -0.39 is 0 Å². The zero-order chi connectivity index (χ0) is 17.1. The van der Waals surface area contributed by atoms with Crippen molar-refractivity contribution in [3.8, 4) is 0 Å². The minimum absolute atomic E-state index is 0.0303. The Bertz CT molecular complexity index is 758. The number of carbonyl (C=O) groups excluding carboxylic acids is 1. The molecule has 5 heteroatoms. The normalized spacial score (nSPS) is 20.2. The van der Waals surface area contributed by atoms with Gasteiger partial charge in [-0.1, -0.05) is 48.2 Å². The molecule has 0 saturated carbocycles. The van der Waals surface area contributed by atoms with Crippen molar-refractivity contribution in [1.82, 2.24) is 15.5 Å². The topological polar surface area (TPSA) is 44.4 Å². The molecule has 2 aliphatic heterocycles. The SMILES string of the molecule is O=C(CN1CCNCC1)NC1Cc2ccccc2Sc2ccccc21. The summed E-state index contributed by atoms with van der Waals surface area (Å²) in [6.45, 7) is 4.28. The molecule has 2 N–H and O–H groups in total. The van der Waals surface area contributed by atoms with Crippen molar-refractivity contribution in [2.75, 3.05) is 32.7 Å². The zero-order valence-electron chi connectivity index (χ0n) is 14.2. The Morgan fingerprint density at radius 3 is 2.64 bits per heavy atom. The standard InChI is InChI=1S/C20H23N3OS/c24-20(14-23-11-9-21-10-12-23)22-17-13-15-5-1-3-7-18(15)25-19-8-4-2-6-16(17)19/h1-8,17,21H,9-14H2,(H,22,24). The average molecular weight is 353 g/mol. The number of piperazine rings is 1. The third kappa shape index (κ3) is 3.89. The van der Waals surface area contributed by atoms with Gasteiger partial charge in [0, 0.05) is 36.0 Å². The number of hydrogen-bond acceptors (Lipinski definition) is 4. The summed E-state index contributed by atoms with van der Waals surface area (Å²) in [6, 6.07) is 17.0. The number of rotatable bonds is 3. The summed E-state index contributed by atoms with van der Waals surface area (Å²) >= 11 is 1.80. The lowest BCUT2D eigenvalue weighted by atomic mass is 9.99. The molecule has 0 radical (unpaired) electrons. The second-order valence-electron chi connectivity index (χ2n) is 6.60. The van der Waals surface area contributed by atoms with Crippen molar-refractivity contribution in [3.05, 3.63) is 59.7 Å². The molecule has 25 heavy (non-hydrogen) atoms. The van der Waals surface area contributed by atoms with Gasteiger partial charge in [-0.15, -0.1) is 0 Å². The van der Waals surface area contributed by atoms with E-state index in [1.54, 1.807) is 11.8 Å². The third-order valence-corrected chi connectivity index (χ3v) is 6.03. The molecule has 2 heterocycles. The molecule has 4 nitrogen and oxygen atoms in total. The van der Waals surface area contributed by atoms with Crippen LogP contribution < -0.4 is 10.6 Å². The van der Waals surface area contributed by atoms with Gasteiger partial charge < -0.3 is 10.6 Å². The van der Waals surface area contributed by atoms with Crippen LogP contribution in [0.15, 0.2) is 58.3 Å². The third-order valence-electron chi connectivity index (χ3n) is 4.82. The van der Waals surface area contributed by atoms with Gasteiger partial charge in [-0.05, 0) is 29.7 Å². The molecule has 0 aliphatic carbocycles. The number of hydrogen-bond donors (Lipinski definition) is 2. The Morgan fingerprint density at radius 1 is 1.08 bits per heavy atom. The fourth-order valence-corrected chi connectivity index (χ4v) is 4.66. The van der Waals surface area contributed by atoms with Crippen LogP contribution in [-0.2, 0) is 11.2 Å². The smallest absolute Gasteiger partial charge is 0.234 e. The van der Waals surface area contributed by atoms with Gasteiger partial charge in [-0.2, -0.15) is 0 Å². The van der Waals surface area contributed by atoms with E-state index in [2.05, 4.69) is 64.1 Å². The van der Waals surface area contributed by atoms with E-state index in [1.165, 1.54) is 20.9 Å². The first-order valence-electron chi connectivity index (χ1n) is 8.87. The number of fused-ring (bicyclic) bond motifs is 2. The fraction of sp³-hybridized carbons (Fsp3) is 0.350. The molecular formula is C20H23N3OS. The number of nitrogens with one attached hydrogen (secondary N) is 2. The van der Waals surface area contributed by atoms with Crippen LogP contribution in [0.1, 0.15) is 17.2 Å². The maximum atomic E-state index is 12.6. The van der Waals surface area contributed by atoms with E-state index in [-0.39, 0.29) is 11.9 Å². The Hall–Kier alpha value is -1.82. The van der Waals surface area contributed by atoms with Crippen molar-refractivity contribution in [2.45, 2.75) is 22.3 Å². The van der Waals surface area contributed by atoms with Crippen molar-refractivity contribution in [3.63, 3.8) is 0 Å². The zero-order valence-corrected chi connectivity index (χ0v) is 15.0. The Labute approximate surface area is 153 Å². The number of benzene rings is 2. The highest BCUT2D eigenvalue weighted by Crippen LogP contribution is 2.40. The minimum atomic E-state index is 0.0303. The molecule has 4 rings (SSSR count). The second kappa shape index (κ2) is 7.60. The molecular weight excluding hydrogens is 330 g/mol. The molecule has 0 spiro atoms. The van der Waals surface area contributed by atoms with Gasteiger partial charge in [-0.25, -0.2) is 0 Å². The lowest BCUT2D eigenvalue weighted by Gasteiger charge is -2.27. The van der Waals surface area contributed by atoms with Gasteiger partial charge in [0.05, 0.1) is 12.6 Å². The van der Waals surface area contributed by atoms with Crippen molar-refractivity contribution < 1.29 is 4.79 Å². The molecule has 130 valence electrons. The van der Waals surface area contributed by atoms with Crippen LogP contribution in [0.3, 0.4) is 0 Å². The van der Waals surface area contributed by atoms with Crippen LogP contribution in [0.25, 0.3) is 0 Å². The lowest BCUT2D eigenvalue weighted by Crippen LogP contribution is -2.48. The van der Waals surface area contributed by atoms with Crippen LogP contribution in [0.4, 0.5) is 0 Å². The minimum Gasteiger partial charge on any atom is -0.348 e. The Balaban J connectivity index is 1.54. The summed E-state index contributed by atoms with van der Waals surface area (Å²) in [7, 11) is 0. The van der Waals surface area contributed by atoms with E-state index in [9.17, 15) is 4.79 Å². The predicted molar refractivity (Wildman–Crippen MR) is 101 cm³/mol. The largest absolute Gasteiger partial charge is 0.348 e. The van der Waals surface area contributed by atoms with E-state index in [0.717, 1.165) is 32.6 Å². The van der Waals surface area contributed by atoms with Gasteiger partial charge in [0.1, 0.15) is 0 Å². The summed E-state index contributed by atoms with van der Waals surface area (Å²) in [6.07, 6.45) is 0.841. The first-order chi connectivity index (χ1) is 12.3. The lowest BCUT2D eigenvalue weighted by molar-refractivity contribution is -0.123. The van der Waals surface area contributed by atoms with Crippen LogP contribution in [0.2, 0.25) is 0 Å². The summed E-state index contributed by atoms with van der Waals surface area (Å²) in [5.74, 6) is 0.117. The molecule has 1 unspecified atom stereocenters. The molecule has 0 aromatic heterocycles. The Morgan fingerprint density at radius 2 is 1.80 bits per heavy atom. The summed E-state index contributed by atoms with van der Waals surface area (Å²) in [5, 5.41) is 6.61. The molecule has 1 atom stereocenters. The van der Waals surface area contributed by atoms with Gasteiger partial charge in [0.2, 0.25) is 5.91 Å². The monoisotopic (exact) mass is 353 g/mol. The van der Waals surface area contributed by atoms with Crippen LogP contribution in [0.5, 0.6) is 0 Å². The van der Waals surface area contributed by atoms with Crippen molar-refractivity contribution in [2.24, 2.45) is 0 Å². The average Bonchev–Trinajstić information content (AvgIpc) is 2.79. The molecule has 2 aliphatic rings. The van der Waals surface area contributed by atoms with Gasteiger partial charge in [0.25, 0.3) is 0 Å². The molecule has 2 aromatic carbocycles. The predicted octanol–water partition coefficient (Wildman–Crippen LogP) is 2.46. The van der Waals surface area contributed by atoms with E-state index in [4.69, 9.17) is 0 Å². The van der Waals surface area contributed by atoms with Gasteiger partial charge in [0.15, 0.2) is 0 Å². The number of carbonyl (C=O) groups is 1. The first-order valence-corrected chi connectivity index (χ1v) is 9.68. The molecule has 1 fully saturated rings. The second-order valence-corrected chi connectivity index (χ2v) is 7.68. The quantitative estimate of drug-likeness (QED) is 0.890. The molecule has 0 bridgehead atoms. The highest BCUT2D eigenvalue weighted by atomic mass is 32.2. The molecule has 1 amide bonds. The van der Waals surface area contributed by atoms with E-state index in [1.807, 2.05) is 0 Å². The van der Waals surface area contributed by atoms with E-state index in [0.29, 0.717) is 6.54 Å². The van der Waals surface area contributed by atoms with E-state index >= 15 is 0 Å². The van der Waals surface area contributed by atoms with Crippen molar-refractivity contribution >= 4 is 17.7 Å². The highest BCUT2D eigenvalue weighted by Gasteiger charge is 2.24. The van der Waals surface area contributed by atoms with Crippen LogP contribution in [0, 0.1) is 0 Å². The summed E-state index contributed by atoms with van der Waals surface area (Å²) < 4.78 is 0. The van der Waals surface area contributed by atoms with Gasteiger partial charge in [-0.3, -0.25) is 9.69 Å². The molecule has 2 aromatic rings. The van der Waals surface area contributed by atoms with Crippen molar-refractivity contribution in [1.29, 1.82) is 0 Å². The molecule has 1 saturated heterocycles.